The van der Waals surface area contributed by atoms with Gasteiger partial charge < -0.3 is 9.47 Å². The van der Waals surface area contributed by atoms with Crippen LogP contribution in [0.1, 0.15) is 19.4 Å². The summed E-state index contributed by atoms with van der Waals surface area (Å²) in [6.07, 6.45) is 1.34. The second-order valence-electron chi connectivity index (χ2n) is 6.25. The van der Waals surface area contributed by atoms with Gasteiger partial charge in [-0.05, 0) is 53.5 Å². The van der Waals surface area contributed by atoms with Gasteiger partial charge in [-0.3, -0.25) is 4.79 Å². The lowest BCUT2D eigenvalue weighted by Crippen LogP contribution is -2.25. The maximum atomic E-state index is 14.1. The van der Waals surface area contributed by atoms with E-state index in [1.807, 2.05) is 0 Å². The summed E-state index contributed by atoms with van der Waals surface area (Å²) in [5, 5.41) is 3.84. The van der Waals surface area contributed by atoms with Crippen LogP contribution < -0.4 is 14.5 Å². The Bertz CT molecular complexity index is 1120. The fourth-order valence-electron chi connectivity index (χ4n) is 2.89. The fraction of sp³-hybridized carbons (Fsp3) is 0.200. The van der Waals surface area contributed by atoms with E-state index in [1.54, 1.807) is 19.1 Å². The quantitative estimate of drug-likeness (QED) is 0.238. The minimum atomic E-state index is -2.33. The Hall–Kier alpha value is -2.95. The number of methoxy groups -OCH3 is 1. The number of anilines is 1. The van der Waals surface area contributed by atoms with Gasteiger partial charge in [-0.15, -0.1) is 0 Å². The normalized spacial score (nSPS) is 15.0. The molecule has 1 aliphatic heterocycles. The number of hydrogen-bond donors (Lipinski definition) is 0. The fourth-order valence-corrected chi connectivity index (χ4v) is 3.46. The third-order valence-electron chi connectivity index (χ3n) is 4.31. The van der Waals surface area contributed by atoms with E-state index in [1.165, 1.54) is 20.1 Å². The van der Waals surface area contributed by atoms with Crippen molar-refractivity contribution in [1.82, 2.24) is 0 Å². The first kappa shape index (κ1) is 22.7. The predicted octanol–water partition coefficient (Wildman–Crippen LogP) is 5.36. The number of rotatable bonds is 5. The first-order valence-electron chi connectivity index (χ1n) is 8.75. The zero-order chi connectivity index (χ0) is 23.0. The Labute approximate surface area is 181 Å². The Kier molecular flexibility index (Phi) is 6.35. The van der Waals surface area contributed by atoms with Crippen molar-refractivity contribution in [3.63, 3.8) is 0 Å². The van der Waals surface area contributed by atoms with Crippen LogP contribution in [0.15, 0.2) is 27.3 Å². The zero-order valence-electron chi connectivity index (χ0n) is 16.3. The number of amides is 1. The van der Waals surface area contributed by atoms with Gasteiger partial charge in [-0.2, -0.15) is 10.1 Å². The van der Waals surface area contributed by atoms with Crippen LogP contribution in [0, 0.1) is 29.1 Å². The monoisotopic (exact) mass is 504 g/mol. The van der Waals surface area contributed by atoms with Crippen molar-refractivity contribution in [1.29, 1.82) is 0 Å². The molecule has 0 radical (unpaired) electrons. The molecular formula is C20H14BrF5N2O3. The first-order valence-corrected chi connectivity index (χ1v) is 9.55. The van der Waals surface area contributed by atoms with Crippen LogP contribution in [0.4, 0.5) is 27.6 Å². The second kappa shape index (κ2) is 8.66. The van der Waals surface area contributed by atoms with Crippen LogP contribution in [0.2, 0.25) is 0 Å². The van der Waals surface area contributed by atoms with Crippen molar-refractivity contribution in [2.75, 3.05) is 18.7 Å². The minimum Gasteiger partial charge on any atom is -0.493 e. The van der Waals surface area contributed by atoms with Crippen LogP contribution in [0.3, 0.4) is 0 Å². The van der Waals surface area contributed by atoms with Gasteiger partial charge in [0.15, 0.2) is 34.8 Å². The van der Waals surface area contributed by atoms with Crippen LogP contribution in [-0.2, 0) is 4.79 Å². The smallest absolute Gasteiger partial charge is 0.280 e. The molecule has 3 rings (SSSR count). The molecule has 2 aromatic rings. The summed E-state index contributed by atoms with van der Waals surface area (Å²) < 4.78 is 80.0. The van der Waals surface area contributed by atoms with Crippen molar-refractivity contribution in [3.8, 4) is 11.5 Å². The Morgan fingerprint density at radius 2 is 1.65 bits per heavy atom. The van der Waals surface area contributed by atoms with Crippen molar-refractivity contribution < 1.29 is 36.2 Å². The van der Waals surface area contributed by atoms with Crippen LogP contribution in [-0.4, -0.2) is 25.3 Å². The highest BCUT2D eigenvalue weighted by atomic mass is 79.9. The summed E-state index contributed by atoms with van der Waals surface area (Å²) in [6.45, 7) is 3.51. The van der Waals surface area contributed by atoms with E-state index in [0.717, 1.165) is 0 Å². The van der Waals surface area contributed by atoms with Crippen molar-refractivity contribution in [2.24, 2.45) is 5.10 Å². The summed E-state index contributed by atoms with van der Waals surface area (Å²) in [5.41, 5.74) is -1.11. The summed E-state index contributed by atoms with van der Waals surface area (Å²) >= 11 is 3.33. The second-order valence-corrected chi connectivity index (χ2v) is 7.10. The van der Waals surface area contributed by atoms with Gasteiger partial charge in [0.1, 0.15) is 5.69 Å². The third-order valence-corrected chi connectivity index (χ3v) is 4.90. The molecule has 5 nitrogen and oxygen atoms in total. The molecule has 31 heavy (non-hydrogen) atoms. The predicted molar refractivity (Wildman–Crippen MR) is 107 cm³/mol. The van der Waals surface area contributed by atoms with Crippen molar-refractivity contribution in [2.45, 2.75) is 13.8 Å². The standard InChI is InChI=1S/C20H14BrF5N2O3/c1-4-31-19-11(21)6-9(7-12(19)30-3)5-10-8(2)27-28(20(10)29)18-16(25)14(23)13(22)15(24)17(18)26/h5-7H,4H2,1-3H3/b10-5+. The molecule has 11 heteroatoms. The van der Waals surface area contributed by atoms with Gasteiger partial charge >= 0.3 is 0 Å². The van der Waals surface area contributed by atoms with Gasteiger partial charge in [0.05, 0.1) is 29.5 Å². The third kappa shape index (κ3) is 3.89. The molecule has 0 spiro atoms. The summed E-state index contributed by atoms with van der Waals surface area (Å²) in [5.74, 6) is -11.3. The average Bonchev–Trinajstić information content (AvgIpc) is 3.00. The van der Waals surface area contributed by atoms with Gasteiger partial charge in [-0.25, -0.2) is 22.0 Å². The average molecular weight is 505 g/mol. The van der Waals surface area contributed by atoms with E-state index in [9.17, 15) is 26.7 Å². The summed E-state index contributed by atoms with van der Waals surface area (Å²) in [4.78, 5) is 12.7. The van der Waals surface area contributed by atoms with E-state index in [0.29, 0.717) is 28.1 Å². The zero-order valence-corrected chi connectivity index (χ0v) is 17.9. The number of carbonyl (C=O) groups excluding carboxylic acids is 1. The molecule has 2 aromatic carbocycles. The number of ether oxygens (including phenoxy) is 2. The SMILES string of the molecule is CCOc1c(Br)cc(/C=C2/C(=O)N(c3c(F)c(F)c(F)c(F)c3F)N=C2C)cc1OC. The van der Waals surface area contributed by atoms with Crippen LogP contribution >= 0.6 is 15.9 Å². The molecule has 0 saturated carbocycles. The van der Waals surface area contributed by atoms with E-state index in [4.69, 9.17) is 9.47 Å². The molecule has 1 amide bonds. The lowest BCUT2D eigenvalue weighted by atomic mass is 10.1. The molecule has 0 atom stereocenters. The van der Waals surface area contributed by atoms with Gasteiger partial charge in [0.25, 0.3) is 5.91 Å². The molecule has 0 saturated heterocycles. The molecule has 0 aromatic heterocycles. The highest BCUT2D eigenvalue weighted by Gasteiger charge is 2.37. The van der Waals surface area contributed by atoms with Gasteiger partial charge in [-0.1, -0.05) is 0 Å². The largest absolute Gasteiger partial charge is 0.493 e. The van der Waals surface area contributed by atoms with E-state index >= 15 is 0 Å². The molecule has 1 heterocycles. The molecule has 0 bridgehead atoms. The highest BCUT2D eigenvalue weighted by Crippen LogP contribution is 2.38. The van der Waals surface area contributed by atoms with Gasteiger partial charge in [0.2, 0.25) is 5.82 Å². The number of halogens is 6. The Morgan fingerprint density at radius 1 is 1.06 bits per heavy atom. The molecule has 164 valence electrons. The lowest BCUT2D eigenvalue weighted by Gasteiger charge is -2.15. The molecule has 0 aliphatic carbocycles. The summed E-state index contributed by atoms with van der Waals surface area (Å²) in [7, 11) is 1.42. The van der Waals surface area contributed by atoms with Crippen LogP contribution in [0.25, 0.3) is 6.08 Å². The number of benzene rings is 2. The molecular weight excluding hydrogens is 491 g/mol. The maximum absolute atomic E-state index is 14.1. The van der Waals surface area contributed by atoms with E-state index in [2.05, 4.69) is 21.0 Å². The van der Waals surface area contributed by atoms with E-state index in [-0.39, 0.29) is 16.3 Å². The Morgan fingerprint density at radius 3 is 2.19 bits per heavy atom. The Balaban J connectivity index is 2.07. The van der Waals surface area contributed by atoms with E-state index < -0.39 is 40.7 Å². The molecule has 0 unspecified atom stereocenters. The highest BCUT2D eigenvalue weighted by molar-refractivity contribution is 9.10. The number of nitrogens with zero attached hydrogens (tertiary/aromatic N) is 2. The topological polar surface area (TPSA) is 51.1 Å². The minimum absolute atomic E-state index is 0.0120. The van der Waals surface area contributed by atoms with Crippen molar-refractivity contribution in [3.05, 3.63) is 56.8 Å². The number of carbonyl (C=O) groups is 1. The van der Waals surface area contributed by atoms with Crippen molar-refractivity contribution >= 4 is 39.3 Å². The lowest BCUT2D eigenvalue weighted by molar-refractivity contribution is -0.114. The molecule has 0 fully saturated rings. The maximum Gasteiger partial charge on any atom is 0.280 e. The molecule has 1 aliphatic rings. The number of hydrogen-bond acceptors (Lipinski definition) is 4. The van der Waals surface area contributed by atoms with Crippen LogP contribution in [0.5, 0.6) is 11.5 Å². The first-order chi connectivity index (χ1) is 14.6. The summed E-state index contributed by atoms with van der Waals surface area (Å²) in [6, 6.07) is 3.15. The number of hydrazone groups is 1. The van der Waals surface area contributed by atoms with Gasteiger partial charge in [0, 0.05) is 0 Å². The molecule has 0 N–H and O–H groups in total.